The molecule has 0 atom stereocenters. The summed E-state index contributed by atoms with van der Waals surface area (Å²) >= 11 is 0. The maximum absolute atomic E-state index is 5.91. The van der Waals surface area contributed by atoms with Crippen LogP contribution in [0.3, 0.4) is 0 Å². The molecule has 2 N–H and O–H groups in total. The lowest BCUT2D eigenvalue weighted by molar-refractivity contribution is 1.07. The number of anilines is 1. The molecule has 2 aromatic rings. The summed E-state index contributed by atoms with van der Waals surface area (Å²) < 4.78 is 0. The van der Waals surface area contributed by atoms with Crippen LogP contribution in [0.4, 0.5) is 5.69 Å². The second-order valence-corrected chi connectivity index (χ2v) is 3.71. The van der Waals surface area contributed by atoms with Crippen molar-refractivity contribution < 1.29 is 0 Å². The van der Waals surface area contributed by atoms with Gasteiger partial charge in [-0.1, -0.05) is 30.3 Å². The standard InChI is InChI=1S/C13H14N2/c1-10-7-12(14)13(15-9-10)8-11-5-3-2-4-6-11/h2-7,9H,8,14H2,1H3. The van der Waals surface area contributed by atoms with Crippen molar-refractivity contribution in [3.8, 4) is 0 Å². The predicted molar refractivity (Wildman–Crippen MR) is 62.6 cm³/mol. The largest absolute Gasteiger partial charge is 0.397 e. The predicted octanol–water partition coefficient (Wildman–Crippen LogP) is 2.56. The molecule has 15 heavy (non-hydrogen) atoms. The first-order valence-electron chi connectivity index (χ1n) is 5.00. The third-order valence-corrected chi connectivity index (χ3v) is 2.35. The van der Waals surface area contributed by atoms with Crippen LogP contribution in [0.2, 0.25) is 0 Å². The summed E-state index contributed by atoms with van der Waals surface area (Å²) in [4.78, 5) is 4.35. The number of aryl methyl sites for hydroxylation is 1. The van der Waals surface area contributed by atoms with Gasteiger partial charge in [0.2, 0.25) is 0 Å². The third-order valence-electron chi connectivity index (χ3n) is 2.35. The van der Waals surface area contributed by atoms with Crippen LogP contribution in [0.15, 0.2) is 42.6 Å². The molecular weight excluding hydrogens is 184 g/mol. The molecule has 0 saturated heterocycles. The normalized spacial score (nSPS) is 10.2. The molecule has 0 bridgehead atoms. The number of hydrogen-bond acceptors (Lipinski definition) is 2. The van der Waals surface area contributed by atoms with Crippen LogP contribution in [0.5, 0.6) is 0 Å². The highest BCUT2D eigenvalue weighted by Crippen LogP contribution is 2.14. The quantitative estimate of drug-likeness (QED) is 0.805. The van der Waals surface area contributed by atoms with E-state index in [-0.39, 0.29) is 0 Å². The van der Waals surface area contributed by atoms with Gasteiger partial charge in [0.1, 0.15) is 0 Å². The molecule has 0 spiro atoms. The summed E-state index contributed by atoms with van der Waals surface area (Å²) in [5.74, 6) is 0. The lowest BCUT2D eigenvalue weighted by Gasteiger charge is -2.05. The monoisotopic (exact) mass is 198 g/mol. The van der Waals surface area contributed by atoms with Gasteiger partial charge in [-0.3, -0.25) is 4.98 Å². The fraction of sp³-hybridized carbons (Fsp3) is 0.154. The van der Waals surface area contributed by atoms with Crippen molar-refractivity contribution in [2.75, 3.05) is 5.73 Å². The SMILES string of the molecule is Cc1cnc(Cc2ccccc2)c(N)c1. The summed E-state index contributed by atoms with van der Waals surface area (Å²) in [7, 11) is 0. The van der Waals surface area contributed by atoms with Crippen LogP contribution in [0.1, 0.15) is 16.8 Å². The minimum atomic E-state index is 0.777. The first kappa shape index (κ1) is 9.71. The van der Waals surface area contributed by atoms with Crippen LogP contribution >= 0.6 is 0 Å². The minimum Gasteiger partial charge on any atom is -0.397 e. The van der Waals surface area contributed by atoms with E-state index in [0.717, 1.165) is 23.4 Å². The lowest BCUT2D eigenvalue weighted by atomic mass is 10.1. The molecule has 2 heteroatoms. The maximum atomic E-state index is 5.91. The highest BCUT2D eigenvalue weighted by molar-refractivity contribution is 5.46. The molecule has 0 unspecified atom stereocenters. The minimum absolute atomic E-state index is 0.777. The van der Waals surface area contributed by atoms with Crippen LogP contribution < -0.4 is 5.73 Å². The Hall–Kier alpha value is -1.83. The number of aromatic nitrogens is 1. The molecule has 0 aliphatic carbocycles. The van der Waals surface area contributed by atoms with Gasteiger partial charge < -0.3 is 5.73 Å². The molecule has 0 radical (unpaired) electrons. The number of pyridine rings is 1. The molecule has 0 amide bonds. The van der Waals surface area contributed by atoms with E-state index in [2.05, 4.69) is 17.1 Å². The average molecular weight is 198 g/mol. The first-order chi connectivity index (χ1) is 7.25. The number of benzene rings is 1. The summed E-state index contributed by atoms with van der Waals surface area (Å²) in [6.07, 6.45) is 2.65. The Labute approximate surface area is 89.8 Å². The fourth-order valence-corrected chi connectivity index (χ4v) is 1.56. The van der Waals surface area contributed by atoms with Crippen molar-refractivity contribution in [2.45, 2.75) is 13.3 Å². The van der Waals surface area contributed by atoms with Gasteiger partial charge >= 0.3 is 0 Å². The van der Waals surface area contributed by atoms with Gasteiger partial charge in [-0.05, 0) is 24.1 Å². The van der Waals surface area contributed by atoms with E-state index in [4.69, 9.17) is 5.73 Å². The van der Waals surface area contributed by atoms with E-state index >= 15 is 0 Å². The van der Waals surface area contributed by atoms with Crippen molar-refractivity contribution in [3.63, 3.8) is 0 Å². The Bertz CT molecular complexity index is 449. The topological polar surface area (TPSA) is 38.9 Å². The van der Waals surface area contributed by atoms with Crippen molar-refractivity contribution in [1.29, 1.82) is 0 Å². The Morgan fingerprint density at radius 1 is 1.20 bits per heavy atom. The summed E-state index contributed by atoms with van der Waals surface area (Å²) in [6, 6.07) is 12.2. The van der Waals surface area contributed by atoms with Gasteiger partial charge in [0, 0.05) is 12.6 Å². The molecule has 0 saturated carbocycles. The van der Waals surface area contributed by atoms with Crippen molar-refractivity contribution >= 4 is 5.69 Å². The zero-order valence-corrected chi connectivity index (χ0v) is 8.77. The molecule has 2 rings (SSSR count). The molecule has 0 fully saturated rings. The van der Waals surface area contributed by atoms with Crippen LogP contribution in [0, 0.1) is 6.92 Å². The summed E-state index contributed by atoms with van der Waals surface area (Å²) in [6.45, 7) is 2.00. The van der Waals surface area contributed by atoms with Crippen molar-refractivity contribution in [2.24, 2.45) is 0 Å². The van der Waals surface area contributed by atoms with E-state index in [9.17, 15) is 0 Å². The second-order valence-electron chi connectivity index (χ2n) is 3.71. The lowest BCUT2D eigenvalue weighted by Crippen LogP contribution is -1.99. The molecule has 76 valence electrons. The number of nitrogens with two attached hydrogens (primary N) is 1. The van der Waals surface area contributed by atoms with Crippen LogP contribution in [-0.4, -0.2) is 4.98 Å². The second kappa shape index (κ2) is 4.13. The molecule has 1 aromatic heterocycles. The van der Waals surface area contributed by atoms with Gasteiger partial charge in [-0.15, -0.1) is 0 Å². The Balaban J connectivity index is 2.25. The van der Waals surface area contributed by atoms with Gasteiger partial charge in [0.15, 0.2) is 0 Å². The highest BCUT2D eigenvalue weighted by atomic mass is 14.7. The zero-order valence-electron chi connectivity index (χ0n) is 8.77. The number of nitrogens with zero attached hydrogens (tertiary/aromatic N) is 1. The van der Waals surface area contributed by atoms with E-state index < -0.39 is 0 Å². The van der Waals surface area contributed by atoms with E-state index in [1.54, 1.807) is 0 Å². The van der Waals surface area contributed by atoms with Crippen molar-refractivity contribution in [3.05, 3.63) is 59.4 Å². The van der Waals surface area contributed by atoms with Crippen LogP contribution in [0.25, 0.3) is 0 Å². The average Bonchev–Trinajstić information content (AvgIpc) is 2.24. The maximum Gasteiger partial charge on any atom is 0.0676 e. The number of nitrogen functional groups attached to an aromatic ring is 1. The number of hydrogen-bond donors (Lipinski definition) is 1. The Morgan fingerprint density at radius 2 is 1.93 bits per heavy atom. The Kier molecular flexibility index (Phi) is 2.68. The van der Waals surface area contributed by atoms with Gasteiger partial charge in [0.25, 0.3) is 0 Å². The fourth-order valence-electron chi connectivity index (χ4n) is 1.56. The first-order valence-corrected chi connectivity index (χ1v) is 5.00. The van der Waals surface area contributed by atoms with Gasteiger partial charge in [0.05, 0.1) is 11.4 Å². The molecule has 2 nitrogen and oxygen atoms in total. The third kappa shape index (κ3) is 2.34. The molecule has 1 aromatic carbocycles. The summed E-state index contributed by atoms with van der Waals surface area (Å²) in [5.41, 5.74) is 9.97. The van der Waals surface area contributed by atoms with E-state index in [0.29, 0.717) is 0 Å². The molecular formula is C13H14N2. The Morgan fingerprint density at radius 3 is 2.60 bits per heavy atom. The van der Waals surface area contributed by atoms with Gasteiger partial charge in [-0.2, -0.15) is 0 Å². The highest BCUT2D eigenvalue weighted by Gasteiger charge is 2.01. The number of rotatable bonds is 2. The molecule has 0 aliphatic rings. The smallest absolute Gasteiger partial charge is 0.0676 e. The molecule has 1 heterocycles. The van der Waals surface area contributed by atoms with Gasteiger partial charge in [-0.25, -0.2) is 0 Å². The van der Waals surface area contributed by atoms with Crippen LogP contribution in [-0.2, 0) is 6.42 Å². The van der Waals surface area contributed by atoms with E-state index in [1.165, 1.54) is 5.56 Å². The van der Waals surface area contributed by atoms with Crippen molar-refractivity contribution in [1.82, 2.24) is 4.98 Å². The van der Waals surface area contributed by atoms with E-state index in [1.807, 2.05) is 37.4 Å². The summed E-state index contributed by atoms with van der Waals surface area (Å²) in [5, 5.41) is 0. The zero-order chi connectivity index (χ0) is 10.7. The molecule has 0 aliphatic heterocycles.